The summed E-state index contributed by atoms with van der Waals surface area (Å²) in [5, 5.41) is 1.82. The maximum Gasteiger partial charge on any atom is 0.259 e. The Bertz CT molecular complexity index is 518. The minimum Gasteiger partial charge on any atom is -0.318 e. The number of hydrogen-bond acceptors (Lipinski definition) is 2. The molecule has 66 valence electrons. The van der Waals surface area contributed by atoms with Crippen LogP contribution in [0.3, 0.4) is 0 Å². The highest BCUT2D eigenvalue weighted by molar-refractivity contribution is 6.30. The highest BCUT2D eigenvalue weighted by Gasteiger charge is 2.00. The third kappa shape index (κ3) is 1.31. The smallest absolute Gasteiger partial charge is 0.259 e. The summed E-state index contributed by atoms with van der Waals surface area (Å²) in [4.78, 5) is 15.4. The van der Waals surface area contributed by atoms with E-state index in [0.29, 0.717) is 10.5 Å². The fourth-order valence-electron chi connectivity index (χ4n) is 1.21. The first kappa shape index (κ1) is 8.26. The van der Waals surface area contributed by atoms with Gasteiger partial charge in [-0.1, -0.05) is 11.6 Å². The quantitative estimate of drug-likeness (QED) is 0.597. The van der Waals surface area contributed by atoms with Gasteiger partial charge < -0.3 is 4.57 Å². The molecule has 2 rings (SSSR count). The van der Waals surface area contributed by atoms with Crippen LogP contribution in [-0.4, -0.2) is 9.55 Å². The van der Waals surface area contributed by atoms with Crippen LogP contribution in [0.2, 0.25) is 5.15 Å². The molecule has 0 saturated heterocycles. The van der Waals surface area contributed by atoms with Gasteiger partial charge in [0.1, 0.15) is 5.15 Å². The van der Waals surface area contributed by atoms with Crippen molar-refractivity contribution in [3.8, 4) is 0 Å². The molecule has 13 heavy (non-hydrogen) atoms. The lowest BCUT2D eigenvalue weighted by Crippen LogP contribution is -2.15. The minimum absolute atomic E-state index is 0.0540. The summed E-state index contributed by atoms with van der Waals surface area (Å²) in [7, 11) is 1.70. The largest absolute Gasteiger partial charge is 0.318 e. The van der Waals surface area contributed by atoms with Crippen molar-refractivity contribution in [2.24, 2.45) is 7.05 Å². The van der Waals surface area contributed by atoms with Gasteiger partial charge in [0, 0.05) is 19.4 Å². The number of nitrogens with zero attached hydrogens (tertiary/aromatic N) is 2. The van der Waals surface area contributed by atoms with E-state index in [4.69, 9.17) is 11.6 Å². The summed E-state index contributed by atoms with van der Waals surface area (Å²) in [6.45, 7) is 0. The number of halogens is 1. The molecule has 0 N–H and O–H groups in total. The zero-order valence-corrected chi connectivity index (χ0v) is 7.75. The lowest BCUT2D eigenvalue weighted by Gasteiger charge is -1.99. The predicted octanol–water partition coefficient (Wildman–Crippen LogP) is 1.59. The molecule has 0 bridgehead atoms. The van der Waals surface area contributed by atoms with Gasteiger partial charge in [-0.25, -0.2) is 4.98 Å². The second-order valence-corrected chi connectivity index (χ2v) is 3.21. The summed E-state index contributed by atoms with van der Waals surface area (Å²) in [5.41, 5.74) is -0.0540. The van der Waals surface area contributed by atoms with Gasteiger partial charge in [-0.3, -0.25) is 4.79 Å². The van der Waals surface area contributed by atoms with Gasteiger partial charge in [0.2, 0.25) is 0 Å². The molecule has 2 aromatic rings. The van der Waals surface area contributed by atoms with Gasteiger partial charge in [-0.15, -0.1) is 0 Å². The Morgan fingerprint density at radius 3 is 3.08 bits per heavy atom. The number of fused-ring (bicyclic) bond motifs is 1. The monoisotopic (exact) mass is 194 g/mol. The molecule has 0 fully saturated rings. The lowest BCUT2D eigenvalue weighted by molar-refractivity contribution is 0.872. The van der Waals surface area contributed by atoms with E-state index in [1.807, 2.05) is 6.07 Å². The van der Waals surface area contributed by atoms with E-state index in [9.17, 15) is 4.79 Å². The average molecular weight is 195 g/mol. The van der Waals surface area contributed by atoms with Crippen LogP contribution < -0.4 is 5.56 Å². The van der Waals surface area contributed by atoms with E-state index in [2.05, 4.69) is 4.98 Å². The SMILES string of the molecule is Cn1ccc2cc(Cl)ncc2c1=O. The summed E-state index contributed by atoms with van der Waals surface area (Å²) in [6.07, 6.45) is 3.21. The van der Waals surface area contributed by atoms with E-state index in [1.165, 1.54) is 10.8 Å². The molecule has 0 aliphatic heterocycles. The third-order valence-corrected chi connectivity index (χ3v) is 2.14. The van der Waals surface area contributed by atoms with Crippen LogP contribution in [0, 0.1) is 0 Å². The first-order valence-corrected chi connectivity index (χ1v) is 4.17. The predicted molar refractivity (Wildman–Crippen MR) is 52.0 cm³/mol. The lowest BCUT2D eigenvalue weighted by atomic mass is 10.2. The summed E-state index contributed by atoms with van der Waals surface area (Å²) >= 11 is 5.69. The fraction of sp³-hybridized carbons (Fsp3) is 0.111. The van der Waals surface area contributed by atoms with Crippen molar-refractivity contribution in [2.75, 3.05) is 0 Å². The number of hydrogen-bond donors (Lipinski definition) is 0. The van der Waals surface area contributed by atoms with Gasteiger partial charge in [0.15, 0.2) is 0 Å². The first-order valence-electron chi connectivity index (χ1n) is 3.79. The van der Waals surface area contributed by atoms with Crippen LogP contribution in [0.4, 0.5) is 0 Å². The van der Waals surface area contributed by atoms with Gasteiger partial charge >= 0.3 is 0 Å². The molecule has 0 aromatic carbocycles. The molecule has 2 aromatic heterocycles. The van der Waals surface area contributed by atoms with Crippen LogP contribution in [0.1, 0.15) is 0 Å². The van der Waals surface area contributed by atoms with Gasteiger partial charge in [0.05, 0.1) is 5.39 Å². The first-order chi connectivity index (χ1) is 6.18. The molecular formula is C9H7ClN2O. The Hall–Kier alpha value is -1.35. The van der Waals surface area contributed by atoms with E-state index in [1.54, 1.807) is 19.3 Å². The molecule has 4 heteroatoms. The maximum atomic E-state index is 11.5. The van der Waals surface area contributed by atoms with Crippen LogP contribution in [-0.2, 0) is 7.05 Å². The second-order valence-electron chi connectivity index (χ2n) is 2.83. The molecule has 0 aliphatic carbocycles. The van der Waals surface area contributed by atoms with Crippen LogP contribution in [0.5, 0.6) is 0 Å². The summed E-state index contributed by atoms with van der Waals surface area (Å²) in [5.74, 6) is 0. The van der Waals surface area contributed by atoms with E-state index in [0.717, 1.165) is 5.39 Å². The molecule has 0 aliphatic rings. The fourth-order valence-corrected chi connectivity index (χ4v) is 1.38. The van der Waals surface area contributed by atoms with E-state index in [-0.39, 0.29) is 5.56 Å². The van der Waals surface area contributed by atoms with Crippen molar-refractivity contribution in [1.82, 2.24) is 9.55 Å². The molecule has 0 atom stereocenters. The standard InChI is InChI=1S/C9H7ClN2O/c1-12-3-2-6-4-8(10)11-5-7(6)9(12)13/h2-5H,1H3. The Morgan fingerprint density at radius 1 is 1.54 bits per heavy atom. The van der Waals surface area contributed by atoms with Crippen molar-refractivity contribution < 1.29 is 0 Å². The maximum absolute atomic E-state index is 11.5. The molecule has 0 amide bonds. The van der Waals surface area contributed by atoms with Crippen LogP contribution in [0.25, 0.3) is 10.8 Å². The molecule has 0 saturated carbocycles. The topological polar surface area (TPSA) is 34.9 Å². The van der Waals surface area contributed by atoms with Gasteiger partial charge in [-0.2, -0.15) is 0 Å². The highest BCUT2D eigenvalue weighted by atomic mass is 35.5. The van der Waals surface area contributed by atoms with Crippen molar-refractivity contribution in [3.05, 3.63) is 40.0 Å². The number of pyridine rings is 2. The molecule has 0 radical (unpaired) electrons. The highest BCUT2D eigenvalue weighted by Crippen LogP contribution is 2.12. The summed E-state index contributed by atoms with van der Waals surface area (Å²) in [6, 6.07) is 3.52. The number of aromatic nitrogens is 2. The Morgan fingerprint density at radius 2 is 2.31 bits per heavy atom. The second kappa shape index (κ2) is 2.85. The Balaban J connectivity index is 2.95. The molecule has 3 nitrogen and oxygen atoms in total. The van der Waals surface area contributed by atoms with Crippen LogP contribution in [0.15, 0.2) is 29.3 Å². The Kier molecular flexibility index (Phi) is 1.81. The number of rotatable bonds is 0. The minimum atomic E-state index is -0.0540. The third-order valence-electron chi connectivity index (χ3n) is 1.93. The van der Waals surface area contributed by atoms with E-state index >= 15 is 0 Å². The molecule has 0 unspecified atom stereocenters. The molecule has 0 spiro atoms. The van der Waals surface area contributed by atoms with Crippen molar-refractivity contribution in [3.63, 3.8) is 0 Å². The molecule has 2 heterocycles. The average Bonchev–Trinajstić information content (AvgIpc) is 2.12. The summed E-state index contributed by atoms with van der Waals surface area (Å²) < 4.78 is 1.51. The molecular weight excluding hydrogens is 188 g/mol. The Labute approximate surface area is 79.6 Å². The van der Waals surface area contributed by atoms with Crippen molar-refractivity contribution >= 4 is 22.4 Å². The normalized spacial score (nSPS) is 10.6. The van der Waals surface area contributed by atoms with Crippen molar-refractivity contribution in [1.29, 1.82) is 0 Å². The van der Waals surface area contributed by atoms with E-state index < -0.39 is 0 Å². The zero-order chi connectivity index (χ0) is 9.42. The van der Waals surface area contributed by atoms with Gasteiger partial charge in [0.25, 0.3) is 5.56 Å². The number of aryl methyl sites for hydroxylation is 1. The van der Waals surface area contributed by atoms with Crippen molar-refractivity contribution in [2.45, 2.75) is 0 Å². The van der Waals surface area contributed by atoms with Crippen LogP contribution >= 0.6 is 11.6 Å². The zero-order valence-electron chi connectivity index (χ0n) is 6.99. The van der Waals surface area contributed by atoms with Gasteiger partial charge in [-0.05, 0) is 17.5 Å².